The highest BCUT2D eigenvalue weighted by Crippen LogP contribution is 2.28. The second-order valence-electron chi connectivity index (χ2n) is 5.32. The van der Waals surface area contributed by atoms with Crippen molar-refractivity contribution in [1.82, 2.24) is 10.2 Å². The van der Waals surface area contributed by atoms with Gasteiger partial charge in [0.15, 0.2) is 5.96 Å². The van der Waals surface area contributed by atoms with E-state index in [2.05, 4.69) is 29.1 Å². The summed E-state index contributed by atoms with van der Waals surface area (Å²) in [6.07, 6.45) is 2.91. The van der Waals surface area contributed by atoms with E-state index in [1.807, 2.05) is 19.2 Å². The van der Waals surface area contributed by atoms with E-state index in [-0.39, 0.29) is 24.0 Å². The van der Waals surface area contributed by atoms with E-state index in [1.54, 1.807) is 6.26 Å². The van der Waals surface area contributed by atoms with Crippen molar-refractivity contribution in [3.63, 3.8) is 0 Å². The van der Waals surface area contributed by atoms with Gasteiger partial charge in [0.1, 0.15) is 5.76 Å². The third-order valence-electron chi connectivity index (χ3n) is 3.19. The van der Waals surface area contributed by atoms with Crippen LogP contribution in [0.2, 0.25) is 0 Å². The summed E-state index contributed by atoms with van der Waals surface area (Å²) in [4.78, 5) is 6.63. The Hall–Kier alpha value is -0.720. The zero-order valence-electron chi connectivity index (χ0n) is 11.3. The van der Waals surface area contributed by atoms with Crippen LogP contribution in [0.15, 0.2) is 27.8 Å². The van der Waals surface area contributed by atoms with Gasteiger partial charge in [0, 0.05) is 20.1 Å². The van der Waals surface area contributed by atoms with Gasteiger partial charge < -0.3 is 14.6 Å². The van der Waals surface area contributed by atoms with Crippen LogP contribution < -0.4 is 5.32 Å². The van der Waals surface area contributed by atoms with Crippen LogP contribution in [0.5, 0.6) is 0 Å². The lowest BCUT2D eigenvalue weighted by Gasteiger charge is -2.23. The molecular formula is C13H22IN3O. The van der Waals surface area contributed by atoms with Crippen LogP contribution in [0.25, 0.3) is 0 Å². The van der Waals surface area contributed by atoms with Gasteiger partial charge in [-0.2, -0.15) is 0 Å². The number of likely N-dealkylation sites (tertiary alicyclic amines) is 1. The second kappa shape index (κ2) is 6.45. The largest absolute Gasteiger partial charge is 0.467 e. The SMILES string of the molecule is CN=C(NCc1ccco1)N1CCC(C)(C)C1.I. The molecule has 0 spiro atoms. The lowest BCUT2D eigenvalue weighted by Crippen LogP contribution is -2.40. The molecule has 0 unspecified atom stereocenters. The molecule has 1 aromatic heterocycles. The Kier molecular flexibility index (Phi) is 5.49. The van der Waals surface area contributed by atoms with Crippen molar-refractivity contribution < 1.29 is 4.42 Å². The van der Waals surface area contributed by atoms with E-state index < -0.39 is 0 Å². The molecule has 1 fully saturated rings. The van der Waals surface area contributed by atoms with Gasteiger partial charge in [0.05, 0.1) is 12.8 Å². The van der Waals surface area contributed by atoms with Crippen molar-refractivity contribution in [2.45, 2.75) is 26.8 Å². The summed E-state index contributed by atoms with van der Waals surface area (Å²) < 4.78 is 5.30. The van der Waals surface area contributed by atoms with E-state index in [9.17, 15) is 0 Å². The standard InChI is InChI=1S/C13H21N3O.HI/c1-13(2)6-7-16(10-13)12(14-3)15-9-11-5-4-8-17-11;/h4-5,8H,6-7,9-10H2,1-3H3,(H,14,15);1H. The first-order chi connectivity index (χ1) is 8.11. The Labute approximate surface area is 126 Å². The molecule has 4 nitrogen and oxygen atoms in total. The highest BCUT2D eigenvalue weighted by Gasteiger charge is 2.30. The molecule has 0 atom stereocenters. The number of aliphatic imine (C=N–C) groups is 1. The van der Waals surface area contributed by atoms with Gasteiger partial charge in [-0.25, -0.2) is 0 Å². The average molecular weight is 363 g/mol. The lowest BCUT2D eigenvalue weighted by molar-refractivity contribution is 0.369. The Balaban J connectivity index is 0.00000162. The zero-order chi connectivity index (χ0) is 12.3. The van der Waals surface area contributed by atoms with E-state index in [0.717, 1.165) is 24.8 Å². The molecule has 0 aliphatic carbocycles. The summed E-state index contributed by atoms with van der Waals surface area (Å²) in [6.45, 7) is 7.42. The smallest absolute Gasteiger partial charge is 0.194 e. The molecule has 0 saturated carbocycles. The fraction of sp³-hybridized carbons (Fsp3) is 0.615. The first-order valence-corrected chi connectivity index (χ1v) is 6.09. The van der Waals surface area contributed by atoms with E-state index in [0.29, 0.717) is 12.0 Å². The van der Waals surface area contributed by atoms with Crippen LogP contribution in [0.3, 0.4) is 0 Å². The number of hydrogen-bond acceptors (Lipinski definition) is 2. The van der Waals surface area contributed by atoms with Gasteiger partial charge in [0.25, 0.3) is 0 Å². The number of halogens is 1. The molecule has 0 bridgehead atoms. The molecule has 1 aromatic rings. The number of hydrogen-bond donors (Lipinski definition) is 1. The van der Waals surface area contributed by atoms with Crippen molar-refractivity contribution >= 4 is 29.9 Å². The van der Waals surface area contributed by atoms with Gasteiger partial charge in [-0.05, 0) is 24.0 Å². The van der Waals surface area contributed by atoms with Gasteiger partial charge in [0.2, 0.25) is 0 Å². The minimum absolute atomic E-state index is 0. The summed E-state index contributed by atoms with van der Waals surface area (Å²) in [5.41, 5.74) is 0.391. The maximum Gasteiger partial charge on any atom is 0.194 e. The van der Waals surface area contributed by atoms with Crippen LogP contribution in [0.4, 0.5) is 0 Å². The number of guanidine groups is 1. The molecule has 0 aromatic carbocycles. The monoisotopic (exact) mass is 363 g/mol. The molecule has 1 N–H and O–H groups in total. The number of nitrogens with zero attached hydrogens (tertiary/aromatic N) is 2. The maximum absolute atomic E-state index is 5.30. The zero-order valence-corrected chi connectivity index (χ0v) is 13.6. The third-order valence-corrected chi connectivity index (χ3v) is 3.19. The van der Waals surface area contributed by atoms with Crippen molar-refractivity contribution in [2.24, 2.45) is 10.4 Å². The summed E-state index contributed by atoms with van der Waals surface area (Å²) in [7, 11) is 1.83. The summed E-state index contributed by atoms with van der Waals surface area (Å²) >= 11 is 0. The molecule has 2 rings (SSSR count). The third kappa shape index (κ3) is 3.90. The summed E-state index contributed by atoms with van der Waals surface area (Å²) in [5.74, 6) is 1.90. The topological polar surface area (TPSA) is 40.8 Å². The average Bonchev–Trinajstić information content (AvgIpc) is 2.89. The molecule has 1 aliphatic rings. The highest BCUT2D eigenvalue weighted by atomic mass is 127. The molecule has 0 radical (unpaired) electrons. The first kappa shape index (κ1) is 15.3. The Morgan fingerprint density at radius 1 is 1.56 bits per heavy atom. The number of rotatable bonds is 2. The van der Waals surface area contributed by atoms with Gasteiger partial charge >= 0.3 is 0 Å². The summed E-state index contributed by atoms with van der Waals surface area (Å²) in [6, 6.07) is 3.87. The minimum Gasteiger partial charge on any atom is -0.467 e. The van der Waals surface area contributed by atoms with Crippen LogP contribution in [-0.2, 0) is 6.54 Å². The molecule has 1 aliphatic heterocycles. The fourth-order valence-corrected chi connectivity index (χ4v) is 2.20. The molecule has 18 heavy (non-hydrogen) atoms. The Bertz CT molecular complexity index is 387. The quantitative estimate of drug-likeness (QED) is 0.499. The predicted molar refractivity (Wildman–Crippen MR) is 84.3 cm³/mol. The first-order valence-electron chi connectivity index (χ1n) is 6.09. The van der Waals surface area contributed by atoms with Gasteiger partial charge in [-0.15, -0.1) is 24.0 Å². The van der Waals surface area contributed by atoms with Gasteiger partial charge in [-0.3, -0.25) is 4.99 Å². The Morgan fingerprint density at radius 2 is 2.33 bits per heavy atom. The summed E-state index contributed by atoms with van der Waals surface area (Å²) in [5, 5.41) is 3.33. The predicted octanol–water partition coefficient (Wildman–Crippen LogP) is 2.70. The van der Waals surface area contributed by atoms with Crippen LogP contribution in [0, 0.1) is 5.41 Å². The molecule has 0 amide bonds. The lowest BCUT2D eigenvalue weighted by atomic mass is 9.93. The number of furan rings is 1. The van der Waals surface area contributed by atoms with E-state index in [1.165, 1.54) is 6.42 Å². The van der Waals surface area contributed by atoms with Gasteiger partial charge in [-0.1, -0.05) is 13.8 Å². The molecule has 102 valence electrons. The fourth-order valence-electron chi connectivity index (χ4n) is 2.20. The van der Waals surface area contributed by atoms with Crippen LogP contribution >= 0.6 is 24.0 Å². The van der Waals surface area contributed by atoms with Crippen molar-refractivity contribution in [3.8, 4) is 0 Å². The van der Waals surface area contributed by atoms with Crippen LogP contribution in [0.1, 0.15) is 26.0 Å². The second-order valence-corrected chi connectivity index (χ2v) is 5.32. The normalized spacial score (nSPS) is 18.6. The number of nitrogens with one attached hydrogen (secondary N) is 1. The van der Waals surface area contributed by atoms with Crippen LogP contribution in [-0.4, -0.2) is 31.0 Å². The van der Waals surface area contributed by atoms with Crippen molar-refractivity contribution in [2.75, 3.05) is 20.1 Å². The van der Waals surface area contributed by atoms with E-state index >= 15 is 0 Å². The molecular weight excluding hydrogens is 341 g/mol. The van der Waals surface area contributed by atoms with Crippen molar-refractivity contribution in [3.05, 3.63) is 24.2 Å². The van der Waals surface area contributed by atoms with E-state index in [4.69, 9.17) is 4.42 Å². The highest BCUT2D eigenvalue weighted by molar-refractivity contribution is 14.0. The molecule has 1 saturated heterocycles. The molecule has 2 heterocycles. The molecule has 5 heteroatoms. The van der Waals surface area contributed by atoms with Crippen molar-refractivity contribution in [1.29, 1.82) is 0 Å². The maximum atomic E-state index is 5.30. The Morgan fingerprint density at radius 3 is 2.83 bits per heavy atom. The minimum atomic E-state index is 0.